The smallest absolute Gasteiger partial charge is 0.322 e. The molecule has 2 N–H and O–H groups in total. The Morgan fingerprint density at radius 2 is 1.81 bits per heavy atom. The van der Waals surface area contributed by atoms with Gasteiger partial charge in [-0.3, -0.25) is 4.79 Å². The van der Waals surface area contributed by atoms with E-state index in [4.69, 9.17) is 4.74 Å². The fraction of sp³-hybridized carbons (Fsp3) is 0.692. The second-order valence-corrected chi connectivity index (χ2v) is 4.38. The molecule has 118 valence electrons. The van der Waals surface area contributed by atoms with E-state index in [1.807, 2.05) is 20.8 Å². The predicted octanol–water partition coefficient (Wildman–Crippen LogP) is 0.981. The fourth-order valence-corrected chi connectivity index (χ4v) is 1.81. The Morgan fingerprint density at radius 1 is 1.19 bits per heavy atom. The van der Waals surface area contributed by atoms with Gasteiger partial charge in [0.05, 0.1) is 7.11 Å². The molecular formula is C13H24N6O2. The summed E-state index contributed by atoms with van der Waals surface area (Å²) in [6.07, 6.45) is 0. The number of likely N-dealkylation sites (N-methyl/N-ethyl adjacent to an activating group) is 1. The Morgan fingerprint density at radius 3 is 2.33 bits per heavy atom. The Kier molecular flexibility index (Phi) is 6.64. The molecule has 0 spiro atoms. The lowest BCUT2D eigenvalue weighted by molar-refractivity contribution is -0.131. The maximum Gasteiger partial charge on any atom is 0.322 e. The van der Waals surface area contributed by atoms with Crippen LogP contribution in [0.5, 0.6) is 6.01 Å². The highest BCUT2D eigenvalue weighted by molar-refractivity contribution is 5.83. The van der Waals surface area contributed by atoms with Crippen LogP contribution in [0.4, 0.5) is 11.9 Å². The molecule has 0 saturated heterocycles. The van der Waals surface area contributed by atoms with E-state index in [1.165, 1.54) is 7.11 Å². The van der Waals surface area contributed by atoms with Crippen molar-refractivity contribution in [3.05, 3.63) is 0 Å². The number of methoxy groups -OCH3 is 1. The summed E-state index contributed by atoms with van der Waals surface area (Å²) in [5.41, 5.74) is 0. The monoisotopic (exact) mass is 296 g/mol. The maximum absolute atomic E-state index is 12.2. The third-order valence-electron chi connectivity index (χ3n) is 2.92. The van der Waals surface area contributed by atoms with Crippen molar-refractivity contribution in [2.75, 3.05) is 37.4 Å². The first-order valence-corrected chi connectivity index (χ1v) is 7.14. The summed E-state index contributed by atoms with van der Waals surface area (Å²) in [6, 6.07) is -0.225. The number of nitrogens with one attached hydrogen (secondary N) is 2. The number of hydrogen-bond donors (Lipinski definition) is 2. The molecule has 0 radical (unpaired) electrons. The molecule has 21 heavy (non-hydrogen) atoms. The number of hydrogen-bond acceptors (Lipinski definition) is 7. The van der Waals surface area contributed by atoms with Gasteiger partial charge in [-0.05, 0) is 27.7 Å². The van der Waals surface area contributed by atoms with Crippen LogP contribution in [0, 0.1) is 0 Å². The molecule has 8 nitrogen and oxygen atoms in total. The van der Waals surface area contributed by atoms with Gasteiger partial charge in [0, 0.05) is 19.6 Å². The van der Waals surface area contributed by atoms with Gasteiger partial charge in [0.15, 0.2) is 0 Å². The maximum atomic E-state index is 12.2. The Bertz CT molecular complexity index is 464. The molecule has 0 aliphatic carbocycles. The molecule has 0 fully saturated rings. The van der Waals surface area contributed by atoms with E-state index in [9.17, 15) is 4.79 Å². The van der Waals surface area contributed by atoms with Gasteiger partial charge in [-0.1, -0.05) is 0 Å². The van der Waals surface area contributed by atoms with Crippen molar-refractivity contribution in [1.29, 1.82) is 0 Å². The lowest BCUT2D eigenvalue weighted by atomic mass is 10.3. The van der Waals surface area contributed by atoms with Gasteiger partial charge < -0.3 is 20.3 Å². The summed E-state index contributed by atoms with van der Waals surface area (Å²) >= 11 is 0. The van der Waals surface area contributed by atoms with Crippen LogP contribution in [0.3, 0.4) is 0 Å². The number of nitrogens with zero attached hydrogens (tertiary/aromatic N) is 4. The lowest BCUT2D eigenvalue weighted by Crippen LogP contribution is -2.41. The van der Waals surface area contributed by atoms with Crippen LogP contribution in [0.2, 0.25) is 0 Å². The lowest BCUT2D eigenvalue weighted by Gasteiger charge is -2.23. The number of carbonyl (C=O) groups is 1. The van der Waals surface area contributed by atoms with Gasteiger partial charge in [-0.15, -0.1) is 0 Å². The summed E-state index contributed by atoms with van der Waals surface area (Å²) in [4.78, 5) is 26.4. The topological polar surface area (TPSA) is 92.3 Å². The van der Waals surface area contributed by atoms with Crippen LogP contribution in [0.15, 0.2) is 0 Å². The van der Waals surface area contributed by atoms with Gasteiger partial charge in [0.2, 0.25) is 17.8 Å². The minimum absolute atomic E-state index is 0.00406. The summed E-state index contributed by atoms with van der Waals surface area (Å²) in [6.45, 7) is 9.64. The highest BCUT2D eigenvalue weighted by atomic mass is 16.5. The zero-order chi connectivity index (χ0) is 15.8. The number of carbonyl (C=O) groups excluding carboxylic acids is 1. The van der Waals surface area contributed by atoms with Crippen molar-refractivity contribution in [2.24, 2.45) is 0 Å². The quantitative estimate of drug-likeness (QED) is 0.738. The number of amides is 1. The molecule has 1 atom stereocenters. The third-order valence-corrected chi connectivity index (χ3v) is 2.92. The van der Waals surface area contributed by atoms with Crippen molar-refractivity contribution in [3.63, 3.8) is 0 Å². The van der Waals surface area contributed by atoms with E-state index in [-0.39, 0.29) is 11.9 Å². The summed E-state index contributed by atoms with van der Waals surface area (Å²) in [5.74, 6) is 0.726. The van der Waals surface area contributed by atoms with Crippen molar-refractivity contribution in [1.82, 2.24) is 19.9 Å². The minimum Gasteiger partial charge on any atom is -0.467 e. The van der Waals surface area contributed by atoms with Crippen molar-refractivity contribution in [3.8, 4) is 6.01 Å². The van der Waals surface area contributed by atoms with Gasteiger partial charge in [-0.2, -0.15) is 15.0 Å². The summed E-state index contributed by atoms with van der Waals surface area (Å²) < 4.78 is 5.04. The molecule has 1 aromatic rings. The van der Waals surface area contributed by atoms with Crippen LogP contribution < -0.4 is 15.4 Å². The SMILES string of the molecule is CCNc1nc(NC(C)C(=O)N(CC)CC)nc(OC)n1. The summed E-state index contributed by atoms with van der Waals surface area (Å²) in [7, 11) is 1.49. The number of rotatable bonds is 8. The zero-order valence-corrected chi connectivity index (χ0v) is 13.3. The van der Waals surface area contributed by atoms with E-state index in [1.54, 1.807) is 11.8 Å². The van der Waals surface area contributed by atoms with Crippen LogP contribution in [0.1, 0.15) is 27.7 Å². The largest absolute Gasteiger partial charge is 0.467 e. The average Bonchev–Trinajstić information content (AvgIpc) is 2.48. The first-order chi connectivity index (χ1) is 10.0. The Balaban J connectivity index is 2.85. The molecule has 1 unspecified atom stereocenters. The molecule has 0 bridgehead atoms. The molecule has 0 aliphatic rings. The molecule has 1 rings (SSSR count). The average molecular weight is 296 g/mol. The third kappa shape index (κ3) is 4.73. The van der Waals surface area contributed by atoms with Crippen molar-refractivity contribution in [2.45, 2.75) is 33.7 Å². The predicted molar refractivity (Wildman–Crippen MR) is 81.6 cm³/mol. The number of ether oxygens (including phenoxy) is 1. The number of anilines is 2. The highest BCUT2D eigenvalue weighted by Gasteiger charge is 2.19. The highest BCUT2D eigenvalue weighted by Crippen LogP contribution is 2.12. The normalized spacial score (nSPS) is 11.7. The van der Waals surface area contributed by atoms with E-state index in [0.29, 0.717) is 31.5 Å². The van der Waals surface area contributed by atoms with Crippen LogP contribution in [-0.2, 0) is 4.79 Å². The zero-order valence-electron chi connectivity index (χ0n) is 13.3. The first-order valence-electron chi connectivity index (χ1n) is 7.14. The molecule has 0 aromatic carbocycles. The molecule has 1 amide bonds. The molecule has 8 heteroatoms. The van der Waals surface area contributed by atoms with Gasteiger partial charge in [-0.25, -0.2) is 0 Å². The summed E-state index contributed by atoms with van der Waals surface area (Å²) in [5, 5.41) is 5.98. The first kappa shape index (κ1) is 16.9. The minimum atomic E-state index is -0.425. The molecule has 1 aromatic heterocycles. The standard InChI is InChI=1S/C13H24N6O2/c1-6-14-11-16-12(18-13(17-11)21-5)15-9(4)10(20)19(7-2)8-3/h9H,6-8H2,1-5H3,(H2,14,15,16,17,18). The van der Waals surface area contributed by atoms with E-state index >= 15 is 0 Å². The van der Waals surface area contributed by atoms with Gasteiger partial charge in [0.25, 0.3) is 0 Å². The van der Waals surface area contributed by atoms with Gasteiger partial charge >= 0.3 is 6.01 Å². The Hall–Kier alpha value is -2.12. The molecule has 0 saturated carbocycles. The Labute approximate surface area is 125 Å². The second kappa shape index (κ2) is 8.23. The fourth-order valence-electron chi connectivity index (χ4n) is 1.81. The van der Waals surface area contributed by atoms with Crippen LogP contribution >= 0.6 is 0 Å². The van der Waals surface area contributed by atoms with E-state index in [2.05, 4.69) is 25.6 Å². The molecule has 0 aliphatic heterocycles. The van der Waals surface area contributed by atoms with E-state index in [0.717, 1.165) is 0 Å². The van der Waals surface area contributed by atoms with Crippen molar-refractivity contribution < 1.29 is 9.53 Å². The number of aromatic nitrogens is 3. The van der Waals surface area contributed by atoms with Gasteiger partial charge in [0.1, 0.15) is 6.04 Å². The molecule has 1 heterocycles. The van der Waals surface area contributed by atoms with E-state index < -0.39 is 6.04 Å². The van der Waals surface area contributed by atoms with Crippen LogP contribution in [-0.4, -0.2) is 58.5 Å². The van der Waals surface area contributed by atoms with Crippen molar-refractivity contribution >= 4 is 17.8 Å². The second-order valence-electron chi connectivity index (χ2n) is 4.38. The van der Waals surface area contributed by atoms with Crippen LogP contribution in [0.25, 0.3) is 0 Å². The molecular weight excluding hydrogens is 272 g/mol.